The van der Waals surface area contributed by atoms with Gasteiger partial charge in [-0.3, -0.25) is 29.3 Å². The zero-order valence-corrected chi connectivity index (χ0v) is 22.7. The summed E-state index contributed by atoms with van der Waals surface area (Å²) in [6, 6.07) is 24.0. The fourth-order valence-electron chi connectivity index (χ4n) is 4.78. The van der Waals surface area contributed by atoms with Crippen molar-refractivity contribution in [3.63, 3.8) is 0 Å². The third-order valence-corrected chi connectivity index (χ3v) is 7.14. The Morgan fingerprint density at radius 2 is 1.55 bits per heavy atom. The van der Waals surface area contributed by atoms with Crippen LogP contribution in [0.4, 0.5) is 11.4 Å². The van der Waals surface area contributed by atoms with Gasteiger partial charge in [-0.2, -0.15) is 0 Å². The number of anilines is 2. The Labute approximate surface area is 236 Å². The first-order chi connectivity index (χ1) is 19.2. The predicted molar refractivity (Wildman–Crippen MR) is 154 cm³/mol. The smallest absolute Gasteiger partial charge is 0.270 e. The number of nitrogens with one attached hydrogen (secondary N) is 2. The number of aryl methyl sites for hydroxylation is 2. The maximum absolute atomic E-state index is 13.3. The molecule has 1 fully saturated rings. The number of ketones is 1. The van der Waals surface area contributed by atoms with Gasteiger partial charge in [-0.25, -0.2) is 0 Å². The van der Waals surface area contributed by atoms with Crippen LogP contribution in [-0.4, -0.2) is 34.7 Å². The maximum Gasteiger partial charge on any atom is 0.270 e. The van der Waals surface area contributed by atoms with Gasteiger partial charge in [0.25, 0.3) is 5.91 Å². The normalized spacial score (nSPS) is 14.7. The van der Waals surface area contributed by atoms with Crippen molar-refractivity contribution in [1.29, 1.82) is 0 Å². The lowest BCUT2D eigenvalue weighted by atomic mass is 10.0. The number of halogens is 1. The zero-order chi connectivity index (χ0) is 28.4. The molecule has 2 N–H and O–H groups in total. The fourth-order valence-corrected chi connectivity index (χ4v) is 4.95. The Morgan fingerprint density at radius 1 is 0.850 bits per heavy atom. The molecule has 9 heteroatoms. The number of rotatable bonds is 7. The lowest BCUT2D eigenvalue weighted by Gasteiger charge is -2.20. The van der Waals surface area contributed by atoms with Crippen LogP contribution in [0.5, 0.6) is 0 Å². The summed E-state index contributed by atoms with van der Waals surface area (Å²) < 4.78 is 1.69. The average molecular weight is 555 g/mol. The van der Waals surface area contributed by atoms with E-state index in [0.717, 1.165) is 11.4 Å². The Kier molecular flexibility index (Phi) is 7.53. The Hall–Kier alpha value is -4.69. The molecule has 1 atom stereocenters. The summed E-state index contributed by atoms with van der Waals surface area (Å²) in [5, 5.41) is 3.20. The second-order valence-corrected chi connectivity index (χ2v) is 10.2. The molecule has 0 radical (unpaired) electrons. The van der Waals surface area contributed by atoms with Crippen LogP contribution in [0.15, 0.2) is 84.9 Å². The number of amides is 3. The summed E-state index contributed by atoms with van der Waals surface area (Å²) in [6.07, 6.45) is -0.0141. The molecule has 5 rings (SSSR count). The monoisotopic (exact) mass is 554 g/mol. The SMILES string of the molecule is Cc1ccc(C)n1NC(=O)c1cccc(NC(=O)[C@H]2CC(=O)N(c3ccc(Cl)cc3C(=O)c3ccccc3)C2)c1. The molecular formula is C31H27ClN4O4. The molecule has 0 unspecified atom stereocenters. The number of benzene rings is 3. The van der Waals surface area contributed by atoms with Crippen LogP contribution in [0.3, 0.4) is 0 Å². The third-order valence-electron chi connectivity index (χ3n) is 6.90. The Bertz CT molecular complexity index is 1610. The molecule has 202 valence electrons. The quantitative estimate of drug-likeness (QED) is 0.300. The van der Waals surface area contributed by atoms with Crippen LogP contribution in [0.2, 0.25) is 5.02 Å². The van der Waals surface area contributed by atoms with Crippen LogP contribution in [0.25, 0.3) is 0 Å². The first-order valence-corrected chi connectivity index (χ1v) is 13.2. The van der Waals surface area contributed by atoms with E-state index in [1.807, 2.05) is 32.0 Å². The molecule has 8 nitrogen and oxygen atoms in total. The highest BCUT2D eigenvalue weighted by atomic mass is 35.5. The van der Waals surface area contributed by atoms with Gasteiger partial charge in [0, 0.05) is 51.8 Å². The van der Waals surface area contributed by atoms with Gasteiger partial charge in [0.2, 0.25) is 11.8 Å². The molecule has 1 aliphatic rings. The minimum Gasteiger partial charge on any atom is -0.326 e. The highest BCUT2D eigenvalue weighted by molar-refractivity contribution is 6.31. The first kappa shape index (κ1) is 26.9. The number of hydrogen-bond acceptors (Lipinski definition) is 4. The molecule has 3 aromatic carbocycles. The molecule has 0 spiro atoms. The van der Waals surface area contributed by atoms with E-state index in [-0.39, 0.29) is 36.5 Å². The molecule has 4 aromatic rings. The van der Waals surface area contributed by atoms with E-state index in [4.69, 9.17) is 11.6 Å². The standard InChI is InChI=1S/C31H27ClN4O4/c1-19-11-12-20(2)36(19)34-31(40)22-9-6-10-25(15-22)33-30(39)23-16-28(37)35(18-23)27-14-13-24(32)17-26(27)29(38)21-7-4-3-5-8-21/h3-15,17,23H,16,18H2,1-2H3,(H,33,39)(H,34,40)/t23-/m0/s1. The van der Waals surface area contributed by atoms with Gasteiger partial charge >= 0.3 is 0 Å². The van der Waals surface area contributed by atoms with Gasteiger partial charge in [0.15, 0.2) is 5.78 Å². The number of hydrogen-bond donors (Lipinski definition) is 2. The molecule has 40 heavy (non-hydrogen) atoms. The molecule has 0 saturated carbocycles. The van der Waals surface area contributed by atoms with E-state index in [1.165, 1.54) is 4.90 Å². The Morgan fingerprint density at radius 3 is 2.27 bits per heavy atom. The van der Waals surface area contributed by atoms with Crippen molar-refractivity contribution < 1.29 is 19.2 Å². The van der Waals surface area contributed by atoms with Gasteiger partial charge in [0.05, 0.1) is 11.6 Å². The van der Waals surface area contributed by atoms with Crippen LogP contribution in [0.1, 0.15) is 44.1 Å². The second kappa shape index (κ2) is 11.2. The van der Waals surface area contributed by atoms with Crippen molar-refractivity contribution in [3.05, 3.63) is 118 Å². The van der Waals surface area contributed by atoms with Crippen molar-refractivity contribution in [2.24, 2.45) is 5.92 Å². The molecule has 0 bridgehead atoms. The summed E-state index contributed by atoms with van der Waals surface area (Å²) in [4.78, 5) is 53.8. The topological polar surface area (TPSA) is 101 Å². The van der Waals surface area contributed by atoms with E-state index < -0.39 is 5.92 Å². The van der Waals surface area contributed by atoms with Crippen molar-refractivity contribution in [2.75, 3.05) is 22.2 Å². The van der Waals surface area contributed by atoms with Crippen molar-refractivity contribution >= 4 is 46.5 Å². The number of carbonyl (C=O) groups is 4. The fraction of sp³-hybridized carbons (Fsp3) is 0.161. The summed E-state index contributed by atoms with van der Waals surface area (Å²) in [7, 11) is 0. The van der Waals surface area contributed by atoms with Gasteiger partial charge < -0.3 is 10.2 Å². The predicted octanol–water partition coefficient (Wildman–Crippen LogP) is 5.36. The average Bonchev–Trinajstić information content (AvgIpc) is 3.50. The van der Waals surface area contributed by atoms with Crippen molar-refractivity contribution in [1.82, 2.24) is 4.68 Å². The number of carbonyl (C=O) groups excluding carboxylic acids is 4. The summed E-state index contributed by atoms with van der Waals surface area (Å²) >= 11 is 6.20. The van der Waals surface area contributed by atoms with Gasteiger partial charge in [-0.05, 0) is 62.4 Å². The highest BCUT2D eigenvalue weighted by Crippen LogP contribution is 2.32. The summed E-state index contributed by atoms with van der Waals surface area (Å²) in [5.41, 5.74) is 6.61. The highest BCUT2D eigenvalue weighted by Gasteiger charge is 2.37. The van der Waals surface area contributed by atoms with Crippen LogP contribution in [-0.2, 0) is 9.59 Å². The molecule has 1 saturated heterocycles. The molecule has 2 heterocycles. The minimum atomic E-state index is -0.648. The first-order valence-electron chi connectivity index (χ1n) is 12.8. The lowest BCUT2D eigenvalue weighted by Crippen LogP contribution is -2.29. The summed E-state index contributed by atoms with van der Waals surface area (Å²) in [6.45, 7) is 3.88. The number of nitrogens with zero attached hydrogens (tertiary/aromatic N) is 2. The van der Waals surface area contributed by atoms with Gasteiger partial charge in [-0.1, -0.05) is 48.0 Å². The second-order valence-electron chi connectivity index (χ2n) is 9.72. The van der Waals surface area contributed by atoms with Crippen molar-refractivity contribution in [3.8, 4) is 0 Å². The van der Waals surface area contributed by atoms with E-state index in [9.17, 15) is 19.2 Å². The Balaban J connectivity index is 1.30. The summed E-state index contributed by atoms with van der Waals surface area (Å²) in [5.74, 6) is -1.85. The molecule has 1 aliphatic heterocycles. The van der Waals surface area contributed by atoms with E-state index in [1.54, 1.807) is 71.4 Å². The van der Waals surface area contributed by atoms with Crippen LogP contribution >= 0.6 is 11.6 Å². The molecular weight excluding hydrogens is 528 g/mol. The van der Waals surface area contributed by atoms with Crippen LogP contribution in [0, 0.1) is 19.8 Å². The van der Waals surface area contributed by atoms with E-state index in [2.05, 4.69) is 10.7 Å². The number of aromatic nitrogens is 1. The minimum absolute atomic E-state index is 0.0141. The van der Waals surface area contributed by atoms with Crippen LogP contribution < -0.4 is 15.6 Å². The van der Waals surface area contributed by atoms with Crippen molar-refractivity contribution in [2.45, 2.75) is 20.3 Å². The lowest BCUT2D eigenvalue weighted by molar-refractivity contribution is -0.122. The molecule has 0 aliphatic carbocycles. The molecule has 3 amide bonds. The van der Waals surface area contributed by atoms with E-state index in [0.29, 0.717) is 33.1 Å². The third kappa shape index (κ3) is 5.53. The van der Waals surface area contributed by atoms with Gasteiger partial charge in [-0.15, -0.1) is 0 Å². The zero-order valence-electron chi connectivity index (χ0n) is 22.0. The van der Waals surface area contributed by atoms with Gasteiger partial charge in [0.1, 0.15) is 0 Å². The largest absolute Gasteiger partial charge is 0.326 e. The van der Waals surface area contributed by atoms with E-state index >= 15 is 0 Å². The maximum atomic E-state index is 13.3. The molecule has 1 aromatic heterocycles.